The minimum absolute atomic E-state index is 0.0199. The van der Waals surface area contributed by atoms with Crippen LogP contribution < -0.4 is 9.47 Å². The highest BCUT2D eigenvalue weighted by atomic mass is 79.9. The number of carboxylic acids is 1. The number of alkyl halides is 3. The third kappa shape index (κ3) is 3.90. The first-order valence-corrected chi connectivity index (χ1v) is 8.00. The lowest BCUT2D eigenvalue weighted by molar-refractivity contribution is -0.187. The standard InChI is InChI=1S/C17H8BrF5O4/c18-10-5-11(19)12(20)6-14(10)26-8-2-1-7-3-9(16(24)25)15(17(21,22)23)27-13(7)4-8/h1-6,15H,(H,24,25). The number of fused-ring (bicyclic) bond motifs is 1. The molecule has 1 unspecified atom stereocenters. The molecule has 2 aromatic rings. The average molecular weight is 451 g/mol. The molecule has 0 saturated carbocycles. The number of carboxylic acid groups (broad SMARTS) is 1. The van der Waals surface area contributed by atoms with Gasteiger partial charge in [-0.25, -0.2) is 13.6 Å². The summed E-state index contributed by atoms with van der Waals surface area (Å²) in [6, 6.07) is 5.30. The van der Waals surface area contributed by atoms with Crippen LogP contribution >= 0.6 is 15.9 Å². The normalized spacial score (nSPS) is 16.2. The molecule has 0 saturated heterocycles. The Hall–Kier alpha value is -2.62. The van der Waals surface area contributed by atoms with Gasteiger partial charge in [0.25, 0.3) is 0 Å². The van der Waals surface area contributed by atoms with E-state index in [1.54, 1.807) is 0 Å². The second-order valence-electron chi connectivity index (χ2n) is 5.44. The fraction of sp³-hybridized carbons (Fsp3) is 0.118. The van der Waals surface area contributed by atoms with E-state index in [1.165, 1.54) is 12.1 Å². The predicted octanol–water partition coefficient (Wildman–Crippen LogP) is 5.31. The largest absolute Gasteiger partial charge is 0.478 e. The van der Waals surface area contributed by atoms with Gasteiger partial charge in [-0.1, -0.05) is 0 Å². The van der Waals surface area contributed by atoms with Crippen molar-refractivity contribution in [3.8, 4) is 17.2 Å². The number of benzene rings is 2. The summed E-state index contributed by atoms with van der Waals surface area (Å²) in [7, 11) is 0. The van der Waals surface area contributed by atoms with E-state index in [0.717, 1.165) is 24.3 Å². The number of hydrogen-bond donors (Lipinski definition) is 1. The van der Waals surface area contributed by atoms with Gasteiger partial charge in [0.2, 0.25) is 6.10 Å². The van der Waals surface area contributed by atoms with Crippen molar-refractivity contribution in [3.63, 3.8) is 0 Å². The molecule has 0 fully saturated rings. The van der Waals surface area contributed by atoms with Crippen molar-refractivity contribution in [3.05, 3.63) is 57.6 Å². The van der Waals surface area contributed by atoms with Gasteiger partial charge in [0.1, 0.15) is 17.2 Å². The Kier molecular flexibility index (Phi) is 4.85. The van der Waals surface area contributed by atoms with E-state index in [4.69, 9.17) is 14.6 Å². The zero-order chi connectivity index (χ0) is 19.9. The van der Waals surface area contributed by atoms with Crippen LogP contribution in [0, 0.1) is 11.6 Å². The number of carbonyl (C=O) groups is 1. The van der Waals surface area contributed by atoms with E-state index in [1.807, 2.05) is 0 Å². The van der Waals surface area contributed by atoms with Crippen LogP contribution in [0.1, 0.15) is 5.56 Å². The summed E-state index contributed by atoms with van der Waals surface area (Å²) in [6.07, 6.45) is -6.73. The number of ether oxygens (including phenoxy) is 2. The Morgan fingerprint density at radius 1 is 1.15 bits per heavy atom. The number of rotatable bonds is 3. The van der Waals surface area contributed by atoms with Gasteiger partial charge in [0, 0.05) is 17.7 Å². The molecule has 1 aliphatic rings. The predicted molar refractivity (Wildman–Crippen MR) is 86.7 cm³/mol. The summed E-state index contributed by atoms with van der Waals surface area (Å²) >= 11 is 2.99. The molecule has 3 rings (SSSR count). The van der Waals surface area contributed by atoms with Gasteiger partial charge >= 0.3 is 12.1 Å². The van der Waals surface area contributed by atoms with Crippen LogP contribution in [0.2, 0.25) is 0 Å². The summed E-state index contributed by atoms with van der Waals surface area (Å²) in [5, 5.41) is 8.98. The van der Waals surface area contributed by atoms with E-state index in [2.05, 4.69) is 15.9 Å². The molecule has 2 aromatic carbocycles. The van der Waals surface area contributed by atoms with E-state index < -0.39 is 35.5 Å². The second-order valence-corrected chi connectivity index (χ2v) is 6.30. The summed E-state index contributed by atoms with van der Waals surface area (Å²) < 4.78 is 76.0. The molecule has 0 spiro atoms. The summed E-state index contributed by atoms with van der Waals surface area (Å²) in [5.74, 6) is -4.43. The second kappa shape index (κ2) is 6.84. The van der Waals surface area contributed by atoms with Gasteiger partial charge in [-0.2, -0.15) is 13.2 Å². The van der Waals surface area contributed by atoms with Gasteiger partial charge in [0.15, 0.2) is 11.6 Å². The van der Waals surface area contributed by atoms with Crippen LogP contribution in [0.5, 0.6) is 17.2 Å². The number of halogens is 6. The van der Waals surface area contributed by atoms with Crippen molar-refractivity contribution < 1.29 is 41.3 Å². The molecule has 0 aliphatic carbocycles. The maximum Gasteiger partial charge on any atom is 0.430 e. The Bertz CT molecular complexity index is 955. The van der Waals surface area contributed by atoms with Crippen molar-refractivity contribution >= 4 is 28.0 Å². The molecule has 142 valence electrons. The van der Waals surface area contributed by atoms with Crippen molar-refractivity contribution in [1.29, 1.82) is 0 Å². The molecule has 0 aromatic heterocycles. The van der Waals surface area contributed by atoms with Gasteiger partial charge < -0.3 is 14.6 Å². The van der Waals surface area contributed by atoms with Gasteiger partial charge in [-0.3, -0.25) is 0 Å². The summed E-state index contributed by atoms with van der Waals surface area (Å²) in [6.45, 7) is 0. The van der Waals surface area contributed by atoms with E-state index in [0.29, 0.717) is 0 Å². The van der Waals surface area contributed by atoms with E-state index in [-0.39, 0.29) is 27.3 Å². The highest BCUT2D eigenvalue weighted by Crippen LogP contribution is 2.40. The van der Waals surface area contributed by atoms with Gasteiger partial charge in [-0.05, 0) is 40.2 Å². The zero-order valence-corrected chi connectivity index (χ0v) is 14.6. The van der Waals surface area contributed by atoms with Crippen LogP contribution in [0.25, 0.3) is 6.08 Å². The van der Waals surface area contributed by atoms with E-state index in [9.17, 15) is 26.7 Å². The van der Waals surface area contributed by atoms with Crippen LogP contribution in [0.4, 0.5) is 22.0 Å². The van der Waals surface area contributed by atoms with Crippen molar-refractivity contribution in [1.82, 2.24) is 0 Å². The third-order valence-corrected chi connectivity index (χ3v) is 4.19. The molecule has 10 heteroatoms. The first kappa shape index (κ1) is 19.2. The molecule has 0 bridgehead atoms. The van der Waals surface area contributed by atoms with Crippen molar-refractivity contribution in [2.24, 2.45) is 0 Å². The molecule has 1 atom stereocenters. The highest BCUT2D eigenvalue weighted by molar-refractivity contribution is 9.10. The van der Waals surface area contributed by atoms with Crippen molar-refractivity contribution in [2.45, 2.75) is 12.3 Å². The quantitative estimate of drug-likeness (QED) is 0.508. The lowest BCUT2D eigenvalue weighted by atomic mass is 10.0. The maximum absolute atomic E-state index is 13.3. The average Bonchev–Trinajstić information content (AvgIpc) is 2.57. The summed E-state index contributed by atoms with van der Waals surface area (Å²) in [5.41, 5.74) is -0.850. The SMILES string of the molecule is O=C(O)C1=Cc2ccc(Oc3cc(F)c(F)cc3Br)cc2OC1C(F)(F)F. The Morgan fingerprint density at radius 3 is 2.44 bits per heavy atom. The maximum atomic E-state index is 13.3. The van der Waals surface area contributed by atoms with Gasteiger partial charge in [0.05, 0.1) is 10.0 Å². The molecule has 1 aliphatic heterocycles. The topological polar surface area (TPSA) is 55.8 Å². The molecule has 4 nitrogen and oxygen atoms in total. The zero-order valence-electron chi connectivity index (χ0n) is 13.0. The lowest BCUT2D eigenvalue weighted by Crippen LogP contribution is -2.40. The Morgan fingerprint density at radius 2 is 1.81 bits per heavy atom. The molecule has 0 radical (unpaired) electrons. The fourth-order valence-corrected chi connectivity index (χ4v) is 2.76. The smallest absolute Gasteiger partial charge is 0.430 e. The Labute approximate surface area is 156 Å². The monoisotopic (exact) mass is 450 g/mol. The minimum atomic E-state index is -4.94. The van der Waals surface area contributed by atoms with Crippen molar-refractivity contribution in [2.75, 3.05) is 0 Å². The highest BCUT2D eigenvalue weighted by Gasteiger charge is 2.48. The third-order valence-electron chi connectivity index (χ3n) is 3.57. The first-order chi connectivity index (χ1) is 12.6. The molecule has 27 heavy (non-hydrogen) atoms. The van der Waals surface area contributed by atoms with Crippen LogP contribution in [0.15, 0.2) is 40.4 Å². The van der Waals surface area contributed by atoms with Gasteiger partial charge in [-0.15, -0.1) is 0 Å². The number of hydrogen-bond acceptors (Lipinski definition) is 3. The fourth-order valence-electron chi connectivity index (χ4n) is 2.36. The number of aliphatic carboxylic acids is 1. The molecular weight excluding hydrogens is 443 g/mol. The molecule has 1 heterocycles. The van der Waals surface area contributed by atoms with E-state index >= 15 is 0 Å². The molecular formula is C17H8BrF5O4. The summed E-state index contributed by atoms with van der Waals surface area (Å²) in [4.78, 5) is 11.1. The first-order valence-electron chi connectivity index (χ1n) is 7.21. The van der Waals surface area contributed by atoms with Crippen LogP contribution in [0.3, 0.4) is 0 Å². The Balaban J connectivity index is 1.97. The lowest BCUT2D eigenvalue weighted by Gasteiger charge is -2.27. The molecule has 0 amide bonds. The van der Waals surface area contributed by atoms with Crippen LogP contribution in [-0.2, 0) is 4.79 Å². The molecule has 1 N–H and O–H groups in total. The van der Waals surface area contributed by atoms with Crippen LogP contribution in [-0.4, -0.2) is 23.4 Å². The minimum Gasteiger partial charge on any atom is -0.478 e.